The number of hydrogen-bond acceptors (Lipinski definition) is 1. The molecule has 0 saturated carbocycles. The average Bonchev–Trinajstić information content (AvgIpc) is 1.97. The van der Waals surface area contributed by atoms with E-state index in [9.17, 15) is 5.21 Å². The second-order valence-corrected chi connectivity index (χ2v) is 2.37. The fourth-order valence-electron chi connectivity index (χ4n) is 0.514. The van der Waals surface area contributed by atoms with Crippen molar-refractivity contribution in [2.45, 2.75) is 27.2 Å². The van der Waals surface area contributed by atoms with Gasteiger partial charge in [-0.1, -0.05) is 26.3 Å². The molecule has 0 N–H and O–H groups in total. The van der Waals surface area contributed by atoms with Crippen LogP contribution in [0.1, 0.15) is 26.0 Å². The molecule has 62 valence electrons. The smallest absolute Gasteiger partial charge is 0.189 e. The lowest BCUT2D eigenvalue weighted by atomic mass is 10.4. The molecule has 0 aliphatic rings. The van der Waals surface area contributed by atoms with Crippen LogP contribution < -0.4 is 4.73 Å². The zero-order chi connectivity index (χ0) is 8.69. The van der Waals surface area contributed by atoms with Gasteiger partial charge in [0.15, 0.2) is 11.9 Å². The van der Waals surface area contributed by atoms with Crippen molar-refractivity contribution < 1.29 is 4.73 Å². The van der Waals surface area contributed by atoms with Gasteiger partial charge >= 0.3 is 0 Å². The van der Waals surface area contributed by atoms with Crippen molar-refractivity contribution in [1.29, 1.82) is 0 Å². The maximum atomic E-state index is 10.5. The van der Waals surface area contributed by atoms with Crippen molar-refractivity contribution >= 4 is 0 Å². The van der Waals surface area contributed by atoms with Crippen molar-refractivity contribution in [2.75, 3.05) is 0 Å². The molecule has 0 aromatic carbocycles. The molecule has 0 unspecified atom stereocenters. The predicted octanol–water partition coefficient (Wildman–Crippen LogP) is 2.04. The summed E-state index contributed by atoms with van der Waals surface area (Å²) in [6, 6.07) is 5.32. The molecule has 0 saturated heterocycles. The minimum atomic E-state index is 0.729. The molecule has 0 aliphatic carbocycles. The summed E-state index contributed by atoms with van der Waals surface area (Å²) in [5, 5.41) is 10.5. The van der Waals surface area contributed by atoms with Crippen LogP contribution in [0.15, 0.2) is 24.4 Å². The van der Waals surface area contributed by atoms with E-state index in [2.05, 4.69) is 13.8 Å². The molecule has 0 atom stereocenters. The molecule has 0 fully saturated rings. The third-order valence-electron chi connectivity index (χ3n) is 1.02. The zero-order valence-corrected chi connectivity index (χ0v) is 7.37. The summed E-state index contributed by atoms with van der Waals surface area (Å²) < 4.78 is 0.833. The number of aromatic nitrogens is 1. The highest BCUT2D eigenvalue weighted by Gasteiger charge is 1.89. The van der Waals surface area contributed by atoms with Gasteiger partial charge in [-0.15, -0.1) is 0 Å². The van der Waals surface area contributed by atoms with Gasteiger partial charge in [0.2, 0.25) is 0 Å². The zero-order valence-electron chi connectivity index (χ0n) is 7.37. The fourth-order valence-corrected chi connectivity index (χ4v) is 0.514. The first kappa shape index (κ1) is 9.95. The lowest BCUT2D eigenvalue weighted by molar-refractivity contribution is -0.612. The van der Waals surface area contributed by atoms with E-state index >= 15 is 0 Å². The third-order valence-corrected chi connectivity index (χ3v) is 1.02. The van der Waals surface area contributed by atoms with E-state index in [1.54, 1.807) is 19.1 Å². The van der Waals surface area contributed by atoms with Gasteiger partial charge in [-0.3, -0.25) is 0 Å². The summed E-state index contributed by atoms with van der Waals surface area (Å²) in [5.41, 5.74) is 0.729. The molecular weight excluding hydrogens is 138 g/mol. The van der Waals surface area contributed by atoms with E-state index in [0.29, 0.717) is 0 Å². The lowest BCUT2D eigenvalue weighted by Gasteiger charge is -1.95. The van der Waals surface area contributed by atoms with E-state index < -0.39 is 0 Å². The molecule has 1 rings (SSSR count). The molecule has 1 heterocycles. The van der Waals surface area contributed by atoms with Crippen molar-refractivity contribution in [3.05, 3.63) is 35.3 Å². The van der Waals surface area contributed by atoms with E-state index in [4.69, 9.17) is 0 Å². The quantitative estimate of drug-likeness (QED) is 0.414. The summed E-state index contributed by atoms with van der Waals surface area (Å²) in [6.45, 7) is 6.02. The van der Waals surface area contributed by atoms with Crippen LogP contribution in [0, 0.1) is 12.1 Å². The summed E-state index contributed by atoms with van der Waals surface area (Å²) >= 11 is 0. The van der Waals surface area contributed by atoms with Gasteiger partial charge in [-0.2, -0.15) is 4.73 Å². The van der Waals surface area contributed by atoms with E-state index in [1.807, 2.05) is 6.07 Å². The highest BCUT2D eigenvalue weighted by molar-refractivity contribution is 4.94. The highest BCUT2D eigenvalue weighted by Crippen LogP contribution is 1.83. The Balaban J connectivity index is 0.000000292. The standard InChI is InChI=1S/C6H7NO.C3H8/c1-6-4-2-3-5-7(6)8;1-3-2/h2-5H,1H3;3H2,1-2H3. The second-order valence-electron chi connectivity index (χ2n) is 2.37. The van der Waals surface area contributed by atoms with E-state index in [0.717, 1.165) is 10.4 Å². The van der Waals surface area contributed by atoms with Crippen LogP contribution in [0.4, 0.5) is 0 Å². The van der Waals surface area contributed by atoms with Crippen LogP contribution in [0.2, 0.25) is 0 Å². The number of hydrogen-bond donors (Lipinski definition) is 0. The van der Waals surface area contributed by atoms with Gasteiger partial charge in [0, 0.05) is 19.1 Å². The molecule has 11 heavy (non-hydrogen) atoms. The van der Waals surface area contributed by atoms with Crippen molar-refractivity contribution in [2.24, 2.45) is 0 Å². The van der Waals surface area contributed by atoms with E-state index in [-0.39, 0.29) is 0 Å². The van der Waals surface area contributed by atoms with Crippen LogP contribution in [-0.2, 0) is 0 Å². The number of nitrogens with zero attached hydrogens (tertiary/aromatic N) is 1. The second kappa shape index (κ2) is 5.71. The molecule has 2 heteroatoms. The van der Waals surface area contributed by atoms with Crippen LogP contribution in [0.25, 0.3) is 0 Å². The molecule has 0 radical (unpaired) electrons. The Kier molecular flexibility index (Phi) is 5.17. The lowest BCUT2D eigenvalue weighted by Crippen LogP contribution is -2.28. The number of pyridine rings is 1. The summed E-state index contributed by atoms with van der Waals surface area (Å²) in [5.74, 6) is 0. The first-order valence-electron chi connectivity index (χ1n) is 3.87. The number of rotatable bonds is 0. The van der Waals surface area contributed by atoms with Gasteiger partial charge in [-0.05, 0) is 0 Å². The molecule has 0 amide bonds. The molecule has 1 aromatic rings. The Labute approximate surface area is 68.1 Å². The molecular formula is C9H15NO. The van der Waals surface area contributed by atoms with Gasteiger partial charge in [0.1, 0.15) is 0 Å². The molecule has 0 bridgehead atoms. The Morgan fingerprint density at radius 3 is 2.18 bits per heavy atom. The van der Waals surface area contributed by atoms with Crippen LogP contribution in [0.5, 0.6) is 0 Å². The van der Waals surface area contributed by atoms with Crippen molar-refractivity contribution in [3.63, 3.8) is 0 Å². The summed E-state index contributed by atoms with van der Waals surface area (Å²) in [7, 11) is 0. The van der Waals surface area contributed by atoms with Gasteiger partial charge in [0.05, 0.1) is 0 Å². The fraction of sp³-hybridized carbons (Fsp3) is 0.444. The van der Waals surface area contributed by atoms with E-state index in [1.165, 1.54) is 12.6 Å². The molecule has 2 nitrogen and oxygen atoms in total. The minimum Gasteiger partial charge on any atom is -0.619 e. The van der Waals surface area contributed by atoms with Gasteiger partial charge in [-0.25, -0.2) is 0 Å². The summed E-state index contributed by atoms with van der Waals surface area (Å²) in [6.07, 6.45) is 2.73. The topological polar surface area (TPSA) is 26.9 Å². The van der Waals surface area contributed by atoms with Gasteiger partial charge in [0.25, 0.3) is 0 Å². The predicted molar refractivity (Wildman–Crippen MR) is 46.1 cm³/mol. The Morgan fingerprint density at radius 2 is 1.91 bits per heavy atom. The van der Waals surface area contributed by atoms with Crippen molar-refractivity contribution in [3.8, 4) is 0 Å². The molecule has 0 spiro atoms. The first-order valence-corrected chi connectivity index (χ1v) is 3.87. The maximum absolute atomic E-state index is 10.5. The molecule has 1 aromatic heterocycles. The van der Waals surface area contributed by atoms with Crippen LogP contribution in [-0.4, -0.2) is 0 Å². The Morgan fingerprint density at radius 1 is 1.36 bits per heavy atom. The first-order chi connectivity index (χ1) is 5.22. The largest absolute Gasteiger partial charge is 0.619 e. The third kappa shape index (κ3) is 4.37. The average molecular weight is 153 g/mol. The van der Waals surface area contributed by atoms with Crippen LogP contribution >= 0.6 is 0 Å². The van der Waals surface area contributed by atoms with Crippen molar-refractivity contribution in [1.82, 2.24) is 0 Å². The SMILES string of the molecule is CCC.Cc1cccc[n+]1[O-]. The highest BCUT2D eigenvalue weighted by atomic mass is 16.5. The maximum Gasteiger partial charge on any atom is 0.189 e. The summed E-state index contributed by atoms with van der Waals surface area (Å²) in [4.78, 5) is 0. The monoisotopic (exact) mass is 153 g/mol. The molecule has 0 aliphatic heterocycles. The minimum absolute atomic E-state index is 0.729. The Bertz CT molecular complexity index is 178. The van der Waals surface area contributed by atoms with Gasteiger partial charge < -0.3 is 5.21 Å². The normalized spacial score (nSPS) is 8.27. The number of aryl methyl sites for hydroxylation is 1. The Hall–Kier alpha value is -1.05. The van der Waals surface area contributed by atoms with Crippen LogP contribution in [0.3, 0.4) is 0 Å².